The molecule has 3 rings (SSSR count). The molecule has 2 heterocycles. The van der Waals surface area contributed by atoms with Gasteiger partial charge in [-0.1, -0.05) is 17.3 Å². The van der Waals surface area contributed by atoms with Crippen LogP contribution in [0.25, 0.3) is 11.0 Å². The summed E-state index contributed by atoms with van der Waals surface area (Å²) in [6.07, 6.45) is 0.855. The molecule has 1 aromatic carbocycles. The maximum Gasteiger partial charge on any atom is 0.338 e. The number of aromatic nitrogens is 3. The zero-order valence-corrected chi connectivity index (χ0v) is 11.7. The largest absolute Gasteiger partial charge is 0.478 e. The van der Waals surface area contributed by atoms with Crippen molar-refractivity contribution < 1.29 is 9.90 Å². The predicted octanol–water partition coefficient (Wildman–Crippen LogP) is 2.99. The van der Waals surface area contributed by atoms with E-state index < -0.39 is 5.97 Å². The smallest absolute Gasteiger partial charge is 0.338 e. The van der Waals surface area contributed by atoms with Crippen LogP contribution in [0.4, 0.5) is 0 Å². The van der Waals surface area contributed by atoms with E-state index in [0.717, 1.165) is 11.9 Å². The first-order chi connectivity index (χ1) is 9.66. The number of benzene rings is 1. The Kier molecular flexibility index (Phi) is 3.23. The first kappa shape index (κ1) is 12.8. The van der Waals surface area contributed by atoms with Gasteiger partial charge in [0.1, 0.15) is 5.52 Å². The Bertz CT molecular complexity index is 749. The van der Waals surface area contributed by atoms with Gasteiger partial charge in [0.25, 0.3) is 0 Å². The Morgan fingerprint density at radius 2 is 2.25 bits per heavy atom. The monoisotopic (exact) mass is 287 g/mol. The highest BCUT2D eigenvalue weighted by Gasteiger charge is 2.17. The van der Waals surface area contributed by atoms with E-state index in [0.29, 0.717) is 5.52 Å². The second-order valence-electron chi connectivity index (χ2n) is 4.64. The quantitative estimate of drug-likeness (QED) is 0.801. The number of hydrogen-bond donors (Lipinski definition) is 1. The van der Waals surface area contributed by atoms with Crippen LogP contribution in [0, 0.1) is 0 Å². The van der Waals surface area contributed by atoms with Crippen LogP contribution >= 0.6 is 11.3 Å². The summed E-state index contributed by atoms with van der Waals surface area (Å²) >= 11 is 1.71. The first-order valence-corrected chi connectivity index (χ1v) is 7.14. The van der Waals surface area contributed by atoms with Gasteiger partial charge >= 0.3 is 5.97 Å². The number of carbonyl (C=O) groups is 1. The van der Waals surface area contributed by atoms with E-state index in [1.807, 2.05) is 17.5 Å². The standard InChI is InChI=1S/C14H13N3O2S/c1-9(8-10-4-3-7-20-10)17-12-6-2-5-11(14(18)19)13(12)15-16-17/h2-7,9H,8H2,1H3,(H,18,19). The highest BCUT2D eigenvalue weighted by Crippen LogP contribution is 2.23. The lowest BCUT2D eigenvalue weighted by Crippen LogP contribution is -2.09. The van der Waals surface area contributed by atoms with E-state index in [4.69, 9.17) is 5.11 Å². The molecule has 0 aliphatic rings. The number of rotatable bonds is 4. The van der Waals surface area contributed by atoms with E-state index in [-0.39, 0.29) is 11.6 Å². The highest BCUT2D eigenvalue weighted by atomic mass is 32.1. The van der Waals surface area contributed by atoms with Crippen molar-refractivity contribution >= 4 is 28.3 Å². The molecule has 3 aromatic rings. The van der Waals surface area contributed by atoms with Gasteiger partial charge in [0, 0.05) is 11.3 Å². The first-order valence-electron chi connectivity index (χ1n) is 6.26. The average molecular weight is 287 g/mol. The molecule has 1 N–H and O–H groups in total. The minimum atomic E-state index is -0.978. The van der Waals surface area contributed by atoms with Gasteiger partial charge in [0.2, 0.25) is 0 Å². The van der Waals surface area contributed by atoms with Gasteiger partial charge in [-0.25, -0.2) is 9.48 Å². The van der Waals surface area contributed by atoms with Gasteiger partial charge in [-0.15, -0.1) is 16.4 Å². The van der Waals surface area contributed by atoms with E-state index in [1.54, 1.807) is 28.2 Å². The SMILES string of the molecule is CC(Cc1cccs1)n1nnc2c(C(=O)O)cccc21. The lowest BCUT2D eigenvalue weighted by Gasteiger charge is -2.11. The van der Waals surface area contributed by atoms with Gasteiger partial charge in [-0.3, -0.25) is 0 Å². The predicted molar refractivity (Wildman–Crippen MR) is 77.2 cm³/mol. The van der Waals surface area contributed by atoms with Crippen LogP contribution in [0.2, 0.25) is 0 Å². The Morgan fingerprint density at radius 3 is 2.95 bits per heavy atom. The van der Waals surface area contributed by atoms with Crippen molar-refractivity contribution in [3.63, 3.8) is 0 Å². The lowest BCUT2D eigenvalue weighted by atomic mass is 10.1. The van der Waals surface area contributed by atoms with Crippen molar-refractivity contribution in [3.05, 3.63) is 46.2 Å². The molecule has 0 fully saturated rings. The number of carboxylic acids is 1. The summed E-state index contributed by atoms with van der Waals surface area (Å²) < 4.78 is 1.79. The Morgan fingerprint density at radius 1 is 1.40 bits per heavy atom. The molecule has 0 saturated carbocycles. The maximum absolute atomic E-state index is 11.2. The van der Waals surface area contributed by atoms with Crippen molar-refractivity contribution in [1.82, 2.24) is 15.0 Å². The summed E-state index contributed by atoms with van der Waals surface area (Å²) in [7, 11) is 0. The zero-order chi connectivity index (χ0) is 14.1. The summed E-state index contributed by atoms with van der Waals surface area (Å²) in [4.78, 5) is 12.4. The van der Waals surface area contributed by atoms with Crippen LogP contribution in [0.15, 0.2) is 35.7 Å². The molecule has 5 nitrogen and oxygen atoms in total. The minimum Gasteiger partial charge on any atom is -0.478 e. The molecule has 102 valence electrons. The molecule has 1 unspecified atom stereocenters. The number of thiophene rings is 1. The van der Waals surface area contributed by atoms with Crippen LogP contribution in [0.5, 0.6) is 0 Å². The number of fused-ring (bicyclic) bond motifs is 1. The van der Waals surface area contributed by atoms with E-state index >= 15 is 0 Å². The van der Waals surface area contributed by atoms with E-state index in [1.165, 1.54) is 4.88 Å². The van der Waals surface area contributed by atoms with Crippen LogP contribution < -0.4 is 0 Å². The molecule has 0 spiro atoms. The van der Waals surface area contributed by atoms with Gasteiger partial charge in [-0.05, 0) is 30.5 Å². The lowest BCUT2D eigenvalue weighted by molar-refractivity contribution is 0.0699. The van der Waals surface area contributed by atoms with Gasteiger partial charge in [-0.2, -0.15) is 0 Å². The van der Waals surface area contributed by atoms with Crippen LogP contribution in [0.1, 0.15) is 28.2 Å². The summed E-state index contributed by atoms with van der Waals surface area (Å²) in [5.74, 6) is -0.978. The molecule has 0 radical (unpaired) electrons. The fraction of sp³-hybridized carbons (Fsp3) is 0.214. The minimum absolute atomic E-state index is 0.127. The second-order valence-corrected chi connectivity index (χ2v) is 5.68. The van der Waals surface area contributed by atoms with Gasteiger partial charge < -0.3 is 5.11 Å². The van der Waals surface area contributed by atoms with E-state index in [2.05, 4.69) is 23.3 Å². The highest BCUT2D eigenvalue weighted by molar-refractivity contribution is 7.09. The topological polar surface area (TPSA) is 68.0 Å². The average Bonchev–Trinajstić information content (AvgIpc) is 3.06. The summed E-state index contributed by atoms with van der Waals surface area (Å²) in [5, 5.41) is 19.4. The number of nitrogens with zero attached hydrogens (tertiary/aromatic N) is 3. The number of aromatic carboxylic acids is 1. The van der Waals surface area contributed by atoms with E-state index in [9.17, 15) is 4.79 Å². The van der Waals surface area contributed by atoms with Crippen LogP contribution in [-0.2, 0) is 6.42 Å². The Hall–Kier alpha value is -2.21. The molecule has 0 amide bonds. The second kappa shape index (κ2) is 5.05. The van der Waals surface area contributed by atoms with Crippen molar-refractivity contribution in [1.29, 1.82) is 0 Å². The number of hydrogen-bond acceptors (Lipinski definition) is 4. The molecule has 2 aromatic heterocycles. The van der Waals surface area contributed by atoms with Crippen LogP contribution in [0.3, 0.4) is 0 Å². The molecule has 0 aliphatic heterocycles. The molecular formula is C14H13N3O2S. The molecule has 0 aliphatic carbocycles. The third-order valence-corrected chi connectivity index (χ3v) is 4.13. The summed E-state index contributed by atoms with van der Waals surface area (Å²) in [6, 6.07) is 9.37. The van der Waals surface area contributed by atoms with Crippen molar-refractivity contribution in [3.8, 4) is 0 Å². The Balaban J connectivity index is 2.00. The Labute approximate surface area is 119 Å². The third kappa shape index (κ3) is 2.18. The summed E-state index contributed by atoms with van der Waals surface area (Å²) in [6.45, 7) is 2.06. The molecular weight excluding hydrogens is 274 g/mol. The maximum atomic E-state index is 11.2. The molecule has 0 bridgehead atoms. The fourth-order valence-electron chi connectivity index (χ4n) is 2.27. The van der Waals surface area contributed by atoms with Crippen molar-refractivity contribution in [2.24, 2.45) is 0 Å². The summed E-state index contributed by atoms with van der Waals surface area (Å²) in [5.41, 5.74) is 1.39. The van der Waals surface area contributed by atoms with Crippen molar-refractivity contribution in [2.45, 2.75) is 19.4 Å². The molecule has 1 atom stereocenters. The molecule has 0 saturated heterocycles. The number of carboxylic acid groups (broad SMARTS) is 1. The van der Waals surface area contributed by atoms with Gasteiger partial charge in [0.05, 0.1) is 17.1 Å². The molecule has 6 heteroatoms. The third-order valence-electron chi connectivity index (χ3n) is 3.23. The normalized spacial score (nSPS) is 12.7. The van der Waals surface area contributed by atoms with Crippen molar-refractivity contribution in [2.75, 3.05) is 0 Å². The fourth-order valence-corrected chi connectivity index (χ4v) is 3.09. The zero-order valence-electron chi connectivity index (χ0n) is 10.9. The molecule has 20 heavy (non-hydrogen) atoms. The van der Waals surface area contributed by atoms with Gasteiger partial charge in [0.15, 0.2) is 0 Å². The van der Waals surface area contributed by atoms with Crippen LogP contribution in [-0.4, -0.2) is 26.1 Å².